The van der Waals surface area contributed by atoms with E-state index in [0.717, 1.165) is 16.6 Å². The highest BCUT2D eigenvalue weighted by molar-refractivity contribution is 5.93. The van der Waals surface area contributed by atoms with Gasteiger partial charge in [-0.1, -0.05) is 36.4 Å². The first-order valence-electron chi connectivity index (χ1n) is 5.54. The molecule has 94 valence electrons. The van der Waals surface area contributed by atoms with Crippen LogP contribution in [0.2, 0.25) is 0 Å². The van der Waals surface area contributed by atoms with Crippen LogP contribution in [0.4, 0.5) is 0 Å². The number of allylic oxidation sites excluding steroid dienone is 1. The van der Waals surface area contributed by atoms with E-state index in [1.165, 1.54) is 0 Å². The second-order valence-electron chi connectivity index (χ2n) is 4.97. The monoisotopic (exact) mass is 345 g/mol. The van der Waals surface area contributed by atoms with Crippen LogP contribution in [0.3, 0.4) is 0 Å². The summed E-state index contributed by atoms with van der Waals surface area (Å²) >= 11 is 0. The van der Waals surface area contributed by atoms with Gasteiger partial charge in [0.2, 0.25) is 0 Å². The summed E-state index contributed by atoms with van der Waals surface area (Å²) in [6.07, 6.45) is 4.15. The second kappa shape index (κ2) is 7.61. The second-order valence-corrected chi connectivity index (χ2v) is 4.97. The molecule has 0 atom stereocenters. The molecule has 1 aromatic carbocycles. The Bertz CT molecular complexity index is 366. The van der Waals surface area contributed by atoms with Gasteiger partial charge in [0.15, 0.2) is 5.78 Å². The van der Waals surface area contributed by atoms with Crippen LogP contribution >= 0.6 is 0 Å². The lowest BCUT2D eigenvalue weighted by molar-refractivity contribution is -0.869. The number of hydrogen-bond acceptors (Lipinski definition) is 1. The first-order chi connectivity index (χ1) is 7.47. The van der Waals surface area contributed by atoms with Gasteiger partial charge in [-0.3, -0.25) is 4.79 Å². The van der Waals surface area contributed by atoms with E-state index in [1.54, 1.807) is 6.08 Å². The van der Waals surface area contributed by atoms with Gasteiger partial charge in [0, 0.05) is 0 Å². The van der Waals surface area contributed by atoms with Crippen LogP contribution in [-0.4, -0.2) is 38.0 Å². The molecule has 17 heavy (non-hydrogen) atoms. The molecule has 0 saturated carbocycles. The zero-order chi connectivity index (χ0) is 12.0. The van der Waals surface area contributed by atoms with E-state index >= 15 is 0 Å². The van der Waals surface area contributed by atoms with Crippen molar-refractivity contribution < 1.29 is 33.3 Å². The largest absolute Gasteiger partial charge is 1.00 e. The molecule has 0 bridgehead atoms. The molecule has 1 rings (SSSR count). The zero-order valence-corrected chi connectivity index (χ0v) is 12.8. The van der Waals surface area contributed by atoms with E-state index in [4.69, 9.17) is 0 Å². The van der Waals surface area contributed by atoms with E-state index in [9.17, 15) is 4.79 Å². The SMILES string of the molecule is C[N+](C)(C)CCC(=O)/C=C/c1ccccc1.[I-]. The summed E-state index contributed by atoms with van der Waals surface area (Å²) in [5.74, 6) is 0.192. The number of ketones is 1. The number of hydrogen-bond donors (Lipinski definition) is 0. The fraction of sp³-hybridized carbons (Fsp3) is 0.357. The molecular weight excluding hydrogens is 325 g/mol. The highest BCUT2D eigenvalue weighted by Gasteiger charge is 2.08. The van der Waals surface area contributed by atoms with Crippen LogP contribution in [0, 0.1) is 0 Å². The molecule has 2 nitrogen and oxygen atoms in total. The van der Waals surface area contributed by atoms with Crippen molar-refractivity contribution in [2.75, 3.05) is 27.7 Å². The average Bonchev–Trinajstić information content (AvgIpc) is 2.24. The Morgan fingerprint density at radius 1 is 1.18 bits per heavy atom. The van der Waals surface area contributed by atoms with Crippen molar-refractivity contribution >= 4 is 11.9 Å². The third kappa shape index (κ3) is 8.10. The molecule has 1 aromatic rings. The summed E-state index contributed by atoms with van der Waals surface area (Å²) in [5, 5.41) is 0. The fourth-order valence-corrected chi connectivity index (χ4v) is 1.28. The highest BCUT2D eigenvalue weighted by atomic mass is 127. The van der Waals surface area contributed by atoms with Gasteiger partial charge < -0.3 is 28.5 Å². The highest BCUT2D eigenvalue weighted by Crippen LogP contribution is 2.02. The third-order valence-electron chi connectivity index (χ3n) is 2.29. The molecule has 0 aromatic heterocycles. The Labute approximate surface area is 121 Å². The number of benzene rings is 1. The molecule has 0 spiro atoms. The topological polar surface area (TPSA) is 17.1 Å². The van der Waals surface area contributed by atoms with Crippen LogP contribution in [0.1, 0.15) is 12.0 Å². The third-order valence-corrected chi connectivity index (χ3v) is 2.29. The Morgan fingerprint density at radius 3 is 2.29 bits per heavy atom. The summed E-state index contributed by atoms with van der Waals surface area (Å²) in [4.78, 5) is 11.6. The summed E-state index contributed by atoms with van der Waals surface area (Å²) < 4.78 is 0.824. The van der Waals surface area contributed by atoms with E-state index in [1.807, 2.05) is 36.4 Å². The van der Waals surface area contributed by atoms with E-state index in [0.29, 0.717) is 6.42 Å². The molecular formula is C14H20INO. The Kier molecular flexibility index (Phi) is 7.30. The maximum absolute atomic E-state index is 11.6. The zero-order valence-electron chi connectivity index (χ0n) is 10.7. The molecule has 0 aliphatic heterocycles. The fourth-order valence-electron chi connectivity index (χ4n) is 1.28. The van der Waals surface area contributed by atoms with Gasteiger partial charge in [-0.25, -0.2) is 0 Å². The summed E-state index contributed by atoms with van der Waals surface area (Å²) in [7, 11) is 6.27. The van der Waals surface area contributed by atoms with Crippen LogP contribution in [0.15, 0.2) is 36.4 Å². The normalized spacial score (nSPS) is 11.2. The molecule has 0 unspecified atom stereocenters. The number of rotatable bonds is 5. The van der Waals surface area contributed by atoms with E-state index < -0.39 is 0 Å². The number of quaternary nitrogens is 1. The number of halogens is 1. The Morgan fingerprint density at radius 2 is 1.76 bits per heavy atom. The first-order valence-corrected chi connectivity index (χ1v) is 5.54. The molecule has 0 aliphatic carbocycles. The van der Waals surface area contributed by atoms with Crippen molar-refractivity contribution in [1.82, 2.24) is 0 Å². The molecule has 0 amide bonds. The Balaban J connectivity index is 0.00000256. The van der Waals surface area contributed by atoms with Crippen molar-refractivity contribution in [3.8, 4) is 0 Å². The number of carbonyl (C=O) groups excluding carboxylic acids is 1. The van der Waals surface area contributed by atoms with E-state index in [2.05, 4.69) is 21.1 Å². The minimum atomic E-state index is 0. The van der Waals surface area contributed by atoms with Gasteiger partial charge >= 0.3 is 0 Å². The van der Waals surface area contributed by atoms with Gasteiger partial charge in [-0.05, 0) is 11.6 Å². The van der Waals surface area contributed by atoms with Gasteiger partial charge in [0.1, 0.15) is 0 Å². The lowest BCUT2D eigenvalue weighted by atomic mass is 10.1. The quantitative estimate of drug-likeness (QED) is 0.395. The molecule has 0 heterocycles. The van der Waals surface area contributed by atoms with Crippen molar-refractivity contribution in [2.45, 2.75) is 6.42 Å². The summed E-state index contributed by atoms with van der Waals surface area (Å²) in [5.41, 5.74) is 1.07. The standard InChI is InChI=1S/C14H20NO.HI/c1-15(2,3)12-11-14(16)10-9-13-7-5-4-6-8-13;/h4-10H,11-12H2,1-3H3;1H/q+1;/p-1/b10-9+;. The molecule has 0 saturated heterocycles. The van der Waals surface area contributed by atoms with Gasteiger partial charge in [-0.15, -0.1) is 0 Å². The van der Waals surface area contributed by atoms with Crippen LogP contribution in [-0.2, 0) is 4.79 Å². The minimum Gasteiger partial charge on any atom is -1.00 e. The van der Waals surface area contributed by atoms with E-state index in [-0.39, 0.29) is 29.8 Å². The maximum Gasteiger partial charge on any atom is 0.161 e. The summed E-state index contributed by atoms with van der Waals surface area (Å²) in [6.45, 7) is 0.873. The predicted molar refractivity (Wildman–Crippen MR) is 68.0 cm³/mol. The molecule has 0 aliphatic rings. The number of nitrogens with zero attached hydrogens (tertiary/aromatic N) is 1. The van der Waals surface area contributed by atoms with Crippen molar-refractivity contribution in [3.63, 3.8) is 0 Å². The smallest absolute Gasteiger partial charge is 0.161 e. The van der Waals surface area contributed by atoms with Gasteiger partial charge in [-0.2, -0.15) is 0 Å². The number of carbonyl (C=O) groups is 1. The van der Waals surface area contributed by atoms with Crippen molar-refractivity contribution in [1.29, 1.82) is 0 Å². The van der Waals surface area contributed by atoms with Crippen LogP contribution in [0.5, 0.6) is 0 Å². The van der Waals surface area contributed by atoms with Crippen molar-refractivity contribution in [2.24, 2.45) is 0 Å². The minimum absolute atomic E-state index is 0. The molecule has 0 radical (unpaired) electrons. The summed E-state index contributed by atoms with van der Waals surface area (Å²) in [6, 6.07) is 9.88. The lowest BCUT2D eigenvalue weighted by Crippen LogP contribution is -3.00. The van der Waals surface area contributed by atoms with Crippen molar-refractivity contribution in [3.05, 3.63) is 42.0 Å². The van der Waals surface area contributed by atoms with Gasteiger partial charge in [0.05, 0.1) is 34.1 Å². The van der Waals surface area contributed by atoms with Crippen LogP contribution in [0.25, 0.3) is 6.08 Å². The molecule has 0 fully saturated rings. The van der Waals surface area contributed by atoms with Gasteiger partial charge in [0.25, 0.3) is 0 Å². The maximum atomic E-state index is 11.6. The molecule has 0 N–H and O–H groups in total. The Hall–Kier alpha value is -0.680. The predicted octanol–water partition coefficient (Wildman–Crippen LogP) is -0.631. The first kappa shape index (κ1) is 16.3. The lowest BCUT2D eigenvalue weighted by Gasteiger charge is -2.22. The van der Waals surface area contributed by atoms with Crippen LogP contribution < -0.4 is 24.0 Å². The average molecular weight is 345 g/mol. The molecule has 3 heteroatoms.